The first-order valence-electron chi connectivity index (χ1n) is 6.65. The first-order valence-corrected chi connectivity index (χ1v) is 6.65. The van der Waals surface area contributed by atoms with Crippen molar-refractivity contribution >= 4 is 11.6 Å². The number of aryl methyl sites for hydroxylation is 1. The van der Waals surface area contributed by atoms with Gasteiger partial charge in [0.25, 0.3) is 0 Å². The standard InChI is InChI=1S/C14H16F3N5O/c1-9-10(8-20-22(9)2)7-19-13(18)21-11-5-3-4-6-12(11)23-14(15,16)17/h3-6,8H,7H2,1-2H3,(H3,18,19,21). The Morgan fingerprint density at radius 2 is 2.09 bits per heavy atom. The number of hydrogen-bond acceptors (Lipinski definition) is 3. The summed E-state index contributed by atoms with van der Waals surface area (Å²) in [5.41, 5.74) is 7.60. The van der Waals surface area contributed by atoms with E-state index in [0.717, 1.165) is 11.3 Å². The third-order valence-electron chi connectivity index (χ3n) is 3.13. The van der Waals surface area contributed by atoms with Crippen molar-refractivity contribution in [3.8, 4) is 5.75 Å². The number of anilines is 1. The van der Waals surface area contributed by atoms with E-state index in [0.29, 0.717) is 0 Å². The molecule has 0 spiro atoms. The Hall–Kier alpha value is -2.71. The highest BCUT2D eigenvalue weighted by atomic mass is 19.4. The zero-order chi connectivity index (χ0) is 17.0. The Morgan fingerprint density at radius 3 is 2.70 bits per heavy atom. The second-order valence-electron chi connectivity index (χ2n) is 4.75. The fourth-order valence-electron chi connectivity index (χ4n) is 1.83. The molecule has 0 amide bonds. The van der Waals surface area contributed by atoms with Gasteiger partial charge in [0, 0.05) is 18.3 Å². The van der Waals surface area contributed by atoms with Crippen LogP contribution in [0.4, 0.5) is 18.9 Å². The Morgan fingerprint density at radius 1 is 1.39 bits per heavy atom. The number of nitrogens with two attached hydrogens (primary N) is 1. The summed E-state index contributed by atoms with van der Waals surface area (Å²) in [4.78, 5) is 4.09. The van der Waals surface area contributed by atoms with Crippen molar-refractivity contribution in [2.24, 2.45) is 17.8 Å². The molecule has 124 valence electrons. The molecule has 0 atom stereocenters. The summed E-state index contributed by atoms with van der Waals surface area (Å²) in [6.07, 6.45) is -3.12. The van der Waals surface area contributed by atoms with Crippen molar-refractivity contribution in [3.05, 3.63) is 41.7 Å². The van der Waals surface area contributed by atoms with Gasteiger partial charge in [0.05, 0.1) is 18.4 Å². The Kier molecular flexibility index (Phi) is 4.77. The van der Waals surface area contributed by atoms with Gasteiger partial charge in [-0.05, 0) is 19.1 Å². The molecule has 2 rings (SSSR count). The lowest BCUT2D eigenvalue weighted by Gasteiger charge is -2.14. The van der Waals surface area contributed by atoms with E-state index in [1.807, 2.05) is 6.92 Å². The van der Waals surface area contributed by atoms with Crippen LogP contribution in [0.15, 0.2) is 35.5 Å². The van der Waals surface area contributed by atoms with Crippen LogP contribution in [0.5, 0.6) is 5.75 Å². The molecule has 1 aromatic heterocycles. The molecule has 0 aliphatic carbocycles. The molecule has 0 unspecified atom stereocenters. The van der Waals surface area contributed by atoms with Crippen LogP contribution >= 0.6 is 0 Å². The van der Waals surface area contributed by atoms with Crippen LogP contribution in [0.1, 0.15) is 11.3 Å². The number of guanidine groups is 1. The zero-order valence-corrected chi connectivity index (χ0v) is 12.6. The predicted octanol–water partition coefficient (Wildman–Crippen LogP) is 2.55. The average molecular weight is 327 g/mol. The molecule has 0 fully saturated rings. The Labute approximate surface area is 130 Å². The molecule has 6 nitrogen and oxygen atoms in total. The van der Waals surface area contributed by atoms with Crippen molar-refractivity contribution in [2.45, 2.75) is 19.8 Å². The topological polar surface area (TPSA) is 77.5 Å². The fraction of sp³-hybridized carbons (Fsp3) is 0.286. The van der Waals surface area contributed by atoms with Crippen molar-refractivity contribution in [1.29, 1.82) is 0 Å². The summed E-state index contributed by atoms with van der Waals surface area (Å²) in [5, 5.41) is 6.68. The maximum Gasteiger partial charge on any atom is 0.573 e. The summed E-state index contributed by atoms with van der Waals surface area (Å²) < 4.78 is 42.7. The minimum Gasteiger partial charge on any atom is -0.404 e. The lowest BCUT2D eigenvalue weighted by Crippen LogP contribution is -2.24. The van der Waals surface area contributed by atoms with Crippen LogP contribution in [0.3, 0.4) is 0 Å². The van der Waals surface area contributed by atoms with Crippen LogP contribution in [0.2, 0.25) is 0 Å². The van der Waals surface area contributed by atoms with Crippen LogP contribution in [-0.2, 0) is 13.6 Å². The summed E-state index contributed by atoms with van der Waals surface area (Å²) in [7, 11) is 1.80. The average Bonchev–Trinajstić information content (AvgIpc) is 2.77. The van der Waals surface area contributed by atoms with Crippen molar-refractivity contribution in [2.75, 3.05) is 5.32 Å². The van der Waals surface area contributed by atoms with Gasteiger partial charge in [0.2, 0.25) is 0 Å². The molecule has 3 N–H and O–H groups in total. The van der Waals surface area contributed by atoms with E-state index in [9.17, 15) is 13.2 Å². The smallest absolute Gasteiger partial charge is 0.404 e. The summed E-state index contributed by atoms with van der Waals surface area (Å²) in [6.45, 7) is 2.15. The molecule has 0 bridgehead atoms. The molecular weight excluding hydrogens is 311 g/mol. The maximum atomic E-state index is 12.4. The molecule has 0 aliphatic rings. The van der Waals surface area contributed by atoms with E-state index in [-0.39, 0.29) is 23.9 Å². The normalized spacial score (nSPS) is 12.3. The van der Waals surface area contributed by atoms with Gasteiger partial charge in [0.15, 0.2) is 11.7 Å². The van der Waals surface area contributed by atoms with Crippen LogP contribution in [-0.4, -0.2) is 22.1 Å². The van der Waals surface area contributed by atoms with Gasteiger partial charge in [0.1, 0.15) is 0 Å². The number of alkyl halides is 3. The van der Waals surface area contributed by atoms with Gasteiger partial charge in [-0.15, -0.1) is 13.2 Å². The van der Waals surface area contributed by atoms with Gasteiger partial charge in [-0.25, -0.2) is 4.99 Å². The number of aromatic nitrogens is 2. The lowest BCUT2D eigenvalue weighted by atomic mass is 10.2. The van der Waals surface area contributed by atoms with Gasteiger partial charge in [-0.3, -0.25) is 4.68 Å². The maximum absolute atomic E-state index is 12.4. The first kappa shape index (κ1) is 16.7. The van der Waals surface area contributed by atoms with Crippen molar-refractivity contribution < 1.29 is 17.9 Å². The molecule has 0 saturated heterocycles. The number of hydrogen-bond donors (Lipinski definition) is 2. The molecule has 0 aliphatic heterocycles. The van der Waals surface area contributed by atoms with Gasteiger partial charge >= 0.3 is 6.36 Å². The molecule has 2 aromatic rings. The highest BCUT2D eigenvalue weighted by Gasteiger charge is 2.32. The van der Waals surface area contributed by atoms with Crippen molar-refractivity contribution in [1.82, 2.24) is 9.78 Å². The van der Waals surface area contributed by atoms with E-state index < -0.39 is 6.36 Å². The van der Waals surface area contributed by atoms with E-state index in [2.05, 4.69) is 20.1 Å². The number of aliphatic imine (C=N–C) groups is 1. The summed E-state index contributed by atoms with van der Waals surface area (Å²) >= 11 is 0. The summed E-state index contributed by atoms with van der Waals surface area (Å²) in [5.74, 6) is -0.401. The number of rotatable bonds is 4. The monoisotopic (exact) mass is 327 g/mol. The minimum atomic E-state index is -4.78. The highest BCUT2D eigenvalue weighted by molar-refractivity contribution is 5.93. The lowest BCUT2D eigenvalue weighted by molar-refractivity contribution is -0.274. The SMILES string of the molecule is Cc1c(CN=C(N)Nc2ccccc2OC(F)(F)F)cnn1C. The number of ether oxygens (including phenoxy) is 1. The molecule has 1 aromatic carbocycles. The van der Waals surface area contributed by atoms with E-state index >= 15 is 0 Å². The Balaban J connectivity index is 2.09. The first-order chi connectivity index (χ1) is 10.8. The minimum absolute atomic E-state index is 0.0218. The molecule has 0 saturated carbocycles. The van der Waals surface area contributed by atoms with E-state index in [4.69, 9.17) is 5.73 Å². The number of nitrogens with zero attached hydrogens (tertiary/aromatic N) is 3. The molecular formula is C14H16F3N5O. The summed E-state index contributed by atoms with van der Waals surface area (Å²) in [6, 6.07) is 5.59. The number of halogens is 3. The van der Waals surface area contributed by atoms with Crippen molar-refractivity contribution in [3.63, 3.8) is 0 Å². The molecule has 23 heavy (non-hydrogen) atoms. The Bertz CT molecular complexity index is 709. The molecule has 9 heteroatoms. The third-order valence-corrected chi connectivity index (χ3v) is 3.13. The number of benzene rings is 1. The molecule has 0 radical (unpaired) electrons. The van der Waals surface area contributed by atoms with Gasteiger partial charge < -0.3 is 15.8 Å². The van der Waals surface area contributed by atoms with Gasteiger partial charge in [-0.1, -0.05) is 12.1 Å². The fourth-order valence-corrected chi connectivity index (χ4v) is 1.83. The quantitative estimate of drug-likeness (QED) is 0.668. The largest absolute Gasteiger partial charge is 0.573 e. The second-order valence-corrected chi connectivity index (χ2v) is 4.75. The number of nitrogens with one attached hydrogen (secondary N) is 1. The highest BCUT2D eigenvalue weighted by Crippen LogP contribution is 2.29. The van der Waals surface area contributed by atoms with E-state index in [1.54, 1.807) is 24.0 Å². The number of para-hydroxylation sites is 2. The second kappa shape index (κ2) is 6.59. The van der Waals surface area contributed by atoms with Crippen LogP contribution in [0.25, 0.3) is 0 Å². The van der Waals surface area contributed by atoms with Crippen LogP contribution in [0, 0.1) is 6.92 Å². The third kappa shape index (κ3) is 4.63. The van der Waals surface area contributed by atoms with Gasteiger partial charge in [-0.2, -0.15) is 5.10 Å². The molecule has 1 heterocycles. The predicted molar refractivity (Wildman–Crippen MR) is 80.0 cm³/mol. The zero-order valence-electron chi connectivity index (χ0n) is 12.6. The van der Waals surface area contributed by atoms with E-state index in [1.165, 1.54) is 18.2 Å². The van der Waals surface area contributed by atoms with Crippen LogP contribution < -0.4 is 15.8 Å².